The molecule has 0 aromatic heterocycles. The molecule has 0 aliphatic heterocycles. The standard InChI is InChI=1S/C14H14Cl2FNO3S/c15-8-2-1-6(3-9(8)16)5-21-10-4-7-11(14(7,17)22)13(10,18)12(19)20/h1-3,7,10-11,22H,4-5,18H2,(H,19,20)/t7-,10?,11-,13+,14+/m1/s1. The summed E-state index contributed by atoms with van der Waals surface area (Å²) in [5.41, 5.74) is 4.93. The lowest BCUT2D eigenvalue weighted by Crippen LogP contribution is -2.59. The number of aliphatic carboxylic acids is 1. The fourth-order valence-electron chi connectivity index (χ4n) is 3.31. The van der Waals surface area contributed by atoms with Crippen LogP contribution in [0.4, 0.5) is 4.39 Å². The maximum atomic E-state index is 14.0. The van der Waals surface area contributed by atoms with Crippen molar-refractivity contribution in [3.05, 3.63) is 33.8 Å². The molecule has 1 unspecified atom stereocenters. The van der Waals surface area contributed by atoms with E-state index in [-0.39, 0.29) is 13.0 Å². The van der Waals surface area contributed by atoms with Crippen LogP contribution in [0, 0.1) is 11.8 Å². The van der Waals surface area contributed by atoms with E-state index in [1.807, 2.05) is 0 Å². The molecule has 120 valence electrons. The van der Waals surface area contributed by atoms with Crippen LogP contribution >= 0.6 is 35.8 Å². The molecule has 4 nitrogen and oxygen atoms in total. The van der Waals surface area contributed by atoms with E-state index in [0.29, 0.717) is 10.0 Å². The minimum Gasteiger partial charge on any atom is -0.480 e. The summed E-state index contributed by atoms with van der Waals surface area (Å²) < 4.78 is 19.7. The van der Waals surface area contributed by atoms with E-state index in [4.69, 9.17) is 33.7 Å². The Balaban J connectivity index is 1.73. The SMILES string of the molecule is N[C@@]1(C(=O)O)C(OCc2ccc(Cl)c(Cl)c2)C[C@@H]2[C@H]1[C@@]2(F)S. The molecule has 5 atom stereocenters. The number of alkyl halides is 1. The molecule has 0 spiro atoms. The summed E-state index contributed by atoms with van der Waals surface area (Å²) in [6.45, 7) is 0.124. The molecule has 0 radical (unpaired) electrons. The maximum absolute atomic E-state index is 14.0. The van der Waals surface area contributed by atoms with E-state index < -0.39 is 34.4 Å². The topological polar surface area (TPSA) is 72.6 Å². The number of carbonyl (C=O) groups is 1. The second kappa shape index (κ2) is 5.24. The summed E-state index contributed by atoms with van der Waals surface area (Å²) in [5, 5.41) is 8.38. The number of halogens is 3. The van der Waals surface area contributed by atoms with Crippen LogP contribution in [0.5, 0.6) is 0 Å². The van der Waals surface area contributed by atoms with Crippen molar-refractivity contribution in [2.24, 2.45) is 17.6 Å². The third kappa shape index (κ3) is 2.32. The van der Waals surface area contributed by atoms with Crippen LogP contribution in [0.2, 0.25) is 10.0 Å². The zero-order chi connectivity index (χ0) is 16.3. The van der Waals surface area contributed by atoms with Crippen LogP contribution in [-0.4, -0.2) is 27.7 Å². The highest BCUT2D eigenvalue weighted by Crippen LogP contribution is 2.68. The number of ether oxygens (including phenoxy) is 1. The van der Waals surface area contributed by atoms with Crippen molar-refractivity contribution in [3.8, 4) is 0 Å². The number of hydrogen-bond acceptors (Lipinski definition) is 4. The van der Waals surface area contributed by atoms with Gasteiger partial charge in [-0.2, -0.15) is 0 Å². The Morgan fingerprint density at radius 3 is 2.77 bits per heavy atom. The van der Waals surface area contributed by atoms with Crippen molar-refractivity contribution in [1.29, 1.82) is 0 Å². The number of benzene rings is 1. The van der Waals surface area contributed by atoms with Crippen molar-refractivity contribution in [2.75, 3.05) is 0 Å². The lowest BCUT2D eigenvalue weighted by atomic mass is 9.91. The first kappa shape index (κ1) is 16.3. The van der Waals surface area contributed by atoms with Gasteiger partial charge in [-0.15, -0.1) is 12.6 Å². The van der Waals surface area contributed by atoms with Gasteiger partial charge in [-0.05, 0) is 24.1 Å². The Kier molecular flexibility index (Phi) is 3.89. The van der Waals surface area contributed by atoms with Crippen LogP contribution < -0.4 is 5.73 Å². The van der Waals surface area contributed by atoms with Gasteiger partial charge in [0.2, 0.25) is 0 Å². The van der Waals surface area contributed by atoms with Gasteiger partial charge in [-0.25, -0.2) is 4.39 Å². The van der Waals surface area contributed by atoms with E-state index >= 15 is 0 Å². The molecule has 0 heterocycles. The average Bonchev–Trinajstić information content (AvgIpc) is 2.82. The molecular formula is C14H14Cl2FNO3S. The summed E-state index contributed by atoms with van der Waals surface area (Å²) in [6, 6.07) is 4.99. The minimum atomic E-state index is -1.82. The van der Waals surface area contributed by atoms with Crippen LogP contribution in [0.15, 0.2) is 18.2 Å². The quantitative estimate of drug-likeness (QED) is 0.717. The van der Waals surface area contributed by atoms with Gasteiger partial charge in [-0.1, -0.05) is 29.3 Å². The third-order valence-electron chi connectivity index (χ3n) is 4.57. The first-order chi connectivity index (χ1) is 10.2. The summed E-state index contributed by atoms with van der Waals surface area (Å²) >= 11 is 15.6. The number of carboxylic acid groups (broad SMARTS) is 1. The van der Waals surface area contributed by atoms with Crippen LogP contribution in [-0.2, 0) is 16.1 Å². The number of thiol groups is 1. The van der Waals surface area contributed by atoms with E-state index in [0.717, 1.165) is 5.56 Å². The smallest absolute Gasteiger partial charge is 0.326 e. The number of nitrogens with two attached hydrogens (primary N) is 1. The van der Waals surface area contributed by atoms with Gasteiger partial charge >= 0.3 is 5.97 Å². The molecule has 2 aliphatic rings. The van der Waals surface area contributed by atoms with Crippen molar-refractivity contribution >= 4 is 41.8 Å². The van der Waals surface area contributed by atoms with Gasteiger partial charge in [0.15, 0.2) is 5.00 Å². The predicted octanol–water partition coefficient (Wildman–Crippen LogP) is 2.91. The highest BCUT2D eigenvalue weighted by molar-refractivity contribution is 7.82. The fraction of sp³-hybridized carbons (Fsp3) is 0.500. The van der Waals surface area contributed by atoms with Gasteiger partial charge in [0.25, 0.3) is 0 Å². The Morgan fingerprint density at radius 1 is 1.50 bits per heavy atom. The first-order valence-electron chi connectivity index (χ1n) is 6.68. The highest BCUT2D eigenvalue weighted by atomic mass is 35.5. The minimum absolute atomic E-state index is 0.124. The van der Waals surface area contributed by atoms with Crippen LogP contribution in [0.25, 0.3) is 0 Å². The van der Waals surface area contributed by atoms with E-state index in [1.54, 1.807) is 18.2 Å². The van der Waals surface area contributed by atoms with Crippen molar-refractivity contribution in [3.63, 3.8) is 0 Å². The van der Waals surface area contributed by atoms with Crippen LogP contribution in [0.3, 0.4) is 0 Å². The lowest BCUT2D eigenvalue weighted by molar-refractivity contribution is -0.151. The van der Waals surface area contributed by atoms with Gasteiger partial charge in [-0.3, -0.25) is 4.79 Å². The largest absolute Gasteiger partial charge is 0.480 e. The molecule has 3 rings (SSSR count). The molecule has 8 heteroatoms. The molecule has 0 bridgehead atoms. The summed E-state index contributed by atoms with van der Waals surface area (Å²) in [4.78, 5) is 11.5. The van der Waals surface area contributed by atoms with Crippen molar-refractivity contribution in [1.82, 2.24) is 0 Å². The van der Waals surface area contributed by atoms with Crippen molar-refractivity contribution < 1.29 is 19.0 Å². The predicted molar refractivity (Wildman–Crippen MR) is 84.0 cm³/mol. The molecule has 2 saturated carbocycles. The van der Waals surface area contributed by atoms with Crippen molar-refractivity contribution in [2.45, 2.75) is 29.7 Å². The normalized spacial score (nSPS) is 39.6. The molecule has 2 aliphatic carbocycles. The monoisotopic (exact) mass is 365 g/mol. The Labute approximate surface area is 142 Å². The summed E-state index contributed by atoms with van der Waals surface area (Å²) in [6.07, 6.45) is -0.542. The Morgan fingerprint density at radius 2 is 2.18 bits per heavy atom. The lowest BCUT2D eigenvalue weighted by Gasteiger charge is -2.31. The number of carboxylic acids is 1. The zero-order valence-electron chi connectivity index (χ0n) is 11.3. The number of fused-ring (bicyclic) bond motifs is 1. The van der Waals surface area contributed by atoms with E-state index in [9.17, 15) is 14.3 Å². The molecule has 0 saturated heterocycles. The summed E-state index contributed by atoms with van der Waals surface area (Å²) in [7, 11) is 0. The maximum Gasteiger partial charge on any atom is 0.326 e. The molecule has 22 heavy (non-hydrogen) atoms. The molecule has 1 aromatic rings. The second-order valence-corrected chi connectivity index (χ2v) is 7.33. The zero-order valence-corrected chi connectivity index (χ0v) is 13.7. The molecular weight excluding hydrogens is 352 g/mol. The Bertz CT molecular complexity index is 645. The van der Waals surface area contributed by atoms with Gasteiger partial charge in [0.05, 0.1) is 22.8 Å². The molecule has 0 amide bonds. The fourth-order valence-corrected chi connectivity index (χ4v) is 4.20. The molecule has 1 aromatic carbocycles. The van der Waals surface area contributed by atoms with Gasteiger partial charge in [0.1, 0.15) is 5.54 Å². The highest BCUT2D eigenvalue weighted by Gasteiger charge is 2.80. The van der Waals surface area contributed by atoms with E-state index in [2.05, 4.69) is 12.6 Å². The van der Waals surface area contributed by atoms with Gasteiger partial charge < -0.3 is 15.6 Å². The van der Waals surface area contributed by atoms with E-state index in [1.165, 1.54) is 0 Å². The molecule has 2 fully saturated rings. The summed E-state index contributed by atoms with van der Waals surface area (Å²) in [5.74, 6) is -2.59. The molecule has 3 N–H and O–H groups in total. The number of rotatable bonds is 4. The average molecular weight is 366 g/mol. The van der Waals surface area contributed by atoms with Crippen LogP contribution in [0.1, 0.15) is 12.0 Å². The Hall–Kier alpha value is -0.530. The number of hydrogen-bond donors (Lipinski definition) is 3. The second-order valence-electron chi connectivity index (χ2n) is 5.83. The third-order valence-corrected chi connectivity index (χ3v) is 5.92. The first-order valence-corrected chi connectivity index (χ1v) is 7.88. The van der Waals surface area contributed by atoms with Gasteiger partial charge in [0, 0.05) is 11.8 Å².